The molecule has 0 aromatic rings. The molecule has 25 heavy (non-hydrogen) atoms. The number of urea groups is 1. The van der Waals surface area contributed by atoms with E-state index in [2.05, 4.69) is 16.0 Å². The normalized spacial score (nSPS) is 12.7. The second-order valence-corrected chi connectivity index (χ2v) is 5.73. The van der Waals surface area contributed by atoms with E-state index in [0.717, 1.165) is 0 Å². The number of aliphatic carboxylic acids is 2. The van der Waals surface area contributed by atoms with E-state index in [1.807, 2.05) is 0 Å². The Morgan fingerprint density at radius 1 is 1.00 bits per heavy atom. The highest BCUT2D eigenvalue weighted by Crippen LogP contribution is 2.02. The van der Waals surface area contributed by atoms with E-state index < -0.39 is 24.0 Å². The van der Waals surface area contributed by atoms with Gasteiger partial charge in [-0.15, -0.1) is 0 Å². The average molecular weight is 360 g/mol. The second kappa shape index (κ2) is 13.0. The maximum absolute atomic E-state index is 11.8. The number of amides is 3. The number of hydrogen-bond acceptors (Lipinski definition) is 5. The molecule has 10 heteroatoms. The number of rotatable bonds is 13. The number of nitrogens with one attached hydrogen (secondary N) is 3. The highest BCUT2D eigenvalue weighted by Gasteiger charge is 2.20. The van der Waals surface area contributed by atoms with E-state index in [0.29, 0.717) is 19.4 Å². The van der Waals surface area contributed by atoms with Crippen molar-refractivity contribution in [1.29, 1.82) is 0 Å². The molecular weight excluding hydrogens is 332 g/mol. The van der Waals surface area contributed by atoms with Crippen molar-refractivity contribution in [2.45, 2.75) is 57.5 Å². The van der Waals surface area contributed by atoms with Gasteiger partial charge in [-0.1, -0.05) is 0 Å². The van der Waals surface area contributed by atoms with Crippen LogP contribution < -0.4 is 21.7 Å². The molecule has 144 valence electrons. The van der Waals surface area contributed by atoms with E-state index in [4.69, 9.17) is 15.9 Å². The van der Waals surface area contributed by atoms with Gasteiger partial charge < -0.3 is 31.9 Å². The first-order valence-corrected chi connectivity index (χ1v) is 8.24. The molecule has 3 amide bonds. The van der Waals surface area contributed by atoms with Gasteiger partial charge in [0, 0.05) is 32.0 Å². The summed E-state index contributed by atoms with van der Waals surface area (Å²) in [7, 11) is 0. The maximum atomic E-state index is 11.8. The Kier molecular flexibility index (Phi) is 11.8. The molecule has 7 N–H and O–H groups in total. The summed E-state index contributed by atoms with van der Waals surface area (Å²) in [5.41, 5.74) is 5.25. The average Bonchev–Trinajstić information content (AvgIpc) is 2.51. The van der Waals surface area contributed by atoms with Gasteiger partial charge in [0.15, 0.2) is 0 Å². The summed E-state index contributed by atoms with van der Waals surface area (Å²) < 4.78 is 0. The summed E-state index contributed by atoms with van der Waals surface area (Å²) >= 11 is 0. The van der Waals surface area contributed by atoms with Crippen LogP contribution in [0, 0.1) is 0 Å². The van der Waals surface area contributed by atoms with Gasteiger partial charge in [-0.25, -0.2) is 9.59 Å². The molecule has 0 spiro atoms. The first-order valence-electron chi connectivity index (χ1n) is 8.24. The minimum Gasteiger partial charge on any atom is -0.481 e. The predicted octanol–water partition coefficient (Wildman–Crippen LogP) is -0.373. The Morgan fingerprint density at radius 2 is 1.68 bits per heavy atom. The zero-order valence-corrected chi connectivity index (χ0v) is 14.4. The van der Waals surface area contributed by atoms with E-state index in [9.17, 15) is 19.2 Å². The smallest absolute Gasteiger partial charge is 0.326 e. The van der Waals surface area contributed by atoms with Crippen molar-refractivity contribution in [3.8, 4) is 0 Å². The lowest BCUT2D eigenvalue weighted by Crippen LogP contribution is -2.48. The van der Waals surface area contributed by atoms with Gasteiger partial charge in [-0.05, 0) is 32.6 Å². The number of carboxylic acids is 2. The molecule has 0 aromatic heterocycles. The largest absolute Gasteiger partial charge is 0.481 e. The van der Waals surface area contributed by atoms with Crippen LogP contribution >= 0.6 is 0 Å². The number of carbonyl (C=O) groups is 4. The van der Waals surface area contributed by atoms with Crippen molar-refractivity contribution in [2.24, 2.45) is 5.73 Å². The third-order valence-corrected chi connectivity index (χ3v) is 3.39. The van der Waals surface area contributed by atoms with Crippen molar-refractivity contribution in [3.05, 3.63) is 0 Å². The van der Waals surface area contributed by atoms with Crippen molar-refractivity contribution < 1.29 is 29.4 Å². The highest BCUT2D eigenvalue weighted by atomic mass is 16.4. The van der Waals surface area contributed by atoms with E-state index >= 15 is 0 Å². The summed E-state index contributed by atoms with van der Waals surface area (Å²) in [4.78, 5) is 44.6. The van der Waals surface area contributed by atoms with Crippen molar-refractivity contribution in [3.63, 3.8) is 0 Å². The monoisotopic (exact) mass is 360 g/mol. The predicted molar refractivity (Wildman–Crippen MR) is 90.0 cm³/mol. The molecule has 0 aliphatic heterocycles. The van der Waals surface area contributed by atoms with E-state index in [1.165, 1.54) is 0 Å². The maximum Gasteiger partial charge on any atom is 0.326 e. The van der Waals surface area contributed by atoms with Gasteiger partial charge in [-0.2, -0.15) is 0 Å². The summed E-state index contributed by atoms with van der Waals surface area (Å²) in [6.07, 6.45) is 1.73. The molecule has 1 unspecified atom stereocenters. The summed E-state index contributed by atoms with van der Waals surface area (Å²) in [5, 5.41) is 25.2. The van der Waals surface area contributed by atoms with E-state index in [-0.39, 0.29) is 44.2 Å². The number of carboxylic acid groups (broad SMARTS) is 2. The Bertz CT molecular complexity index is 457. The fraction of sp³-hybridized carbons (Fsp3) is 0.733. The quantitative estimate of drug-likeness (QED) is 0.243. The zero-order valence-electron chi connectivity index (χ0n) is 14.4. The van der Waals surface area contributed by atoms with Crippen LogP contribution in [0.15, 0.2) is 0 Å². The van der Waals surface area contributed by atoms with Crippen LogP contribution in [0.4, 0.5) is 4.79 Å². The fourth-order valence-corrected chi connectivity index (χ4v) is 2.01. The SMILES string of the molecule is C[C@H](CCC(=O)O)NC(=O)NC(CCCCNC(=O)CCN)C(=O)O. The van der Waals surface area contributed by atoms with Crippen LogP contribution in [-0.4, -0.2) is 59.3 Å². The van der Waals surface area contributed by atoms with Crippen LogP contribution in [-0.2, 0) is 14.4 Å². The molecule has 2 atom stereocenters. The standard InChI is InChI=1S/C15H28N4O6/c1-10(5-6-13(21)22)18-15(25)19-11(14(23)24)4-2-3-9-17-12(20)7-8-16/h10-11H,2-9,16H2,1H3,(H,17,20)(H,21,22)(H,23,24)(H2,18,19,25)/t10-,11?/m1/s1. The van der Waals surface area contributed by atoms with Crippen LogP contribution in [0.2, 0.25) is 0 Å². The van der Waals surface area contributed by atoms with Crippen molar-refractivity contribution in [2.75, 3.05) is 13.1 Å². The third kappa shape index (κ3) is 12.7. The highest BCUT2D eigenvalue weighted by molar-refractivity contribution is 5.82. The van der Waals surface area contributed by atoms with Crippen LogP contribution in [0.25, 0.3) is 0 Å². The first-order chi connectivity index (χ1) is 11.8. The van der Waals surface area contributed by atoms with Gasteiger partial charge in [-0.3, -0.25) is 9.59 Å². The first kappa shape index (κ1) is 22.6. The third-order valence-electron chi connectivity index (χ3n) is 3.39. The minimum atomic E-state index is -1.15. The van der Waals surface area contributed by atoms with Gasteiger partial charge in [0.2, 0.25) is 5.91 Å². The van der Waals surface area contributed by atoms with Crippen molar-refractivity contribution in [1.82, 2.24) is 16.0 Å². The lowest BCUT2D eigenvalue weighted by Gasteiger charge is -2.18. The summed E-state index contributed by atoms with van der Waals surface area (Å²) in [6.45, 7) is 2.34. The number of nitrogens with two attached hydrogens (primary N) is 1. The Balaban J connectivity index is 4.08. The van der Waals surface area contributed by atoms with Gasteiger partial charge in [0.05, 0.1) is 0 Å². The van der Waals surface area contributed by atoms with Crippen LogP contribution in [0.5, 0.6) is 0 Å². The van der Waals surface area contributed by atoms with E-state index in [1.54, 1.807) is 6.92 Å². The second-order valence-electron chi connectivity index (χ2n) is 5.73. The van der Waals surface area contributed by atoms with Crippen LogP contribution in [0.1, 0.15) is 45.4 Å². The number of hydrogen-bond donors (Lipinski definition) is 6. The molecule has 0 aromatic carbocycles. The fourth-order valence-electron chi connectivity index (χ4n) is 2.01. The molecule has 0 aliphatic carbocycles. The lowest BCUT2D eigenvalue weighted by atomic mass is 10.1. The van der Waals surface area contributed by atoms with Gasteiger partial charge in [0.1, 0.15) is 6.04 Å². The van der Waals surface area contributed by atoms with Gasteiger partial charge >= 0.3 is 18.0 Å². The molecule has 0 heterocycles. The Labute approximate surface area is 146 Å². The lowest BCUT2D eigenvalue weighted by molar-refractivity contribution is -0.139. The van der Waals surface area contributed by atoms with Gasteiger partial charge in [0.25, 0.3) is 0 Å². The van der Waals surface area contributed by atoms with Crippen molar-refractivity contribution >= 4 is 23.9 Å². The number of unbranched alkanes of at least 4 members (excludes halogenated alkanes) is 1. The zero-order chi connectivity index (χ0) is 19.2. The molecule has 0 saturated carbocycles. The summed E-state index contributed by atoms with van der Waals surface area (Å²) in [5.74, 6) is -2.26. The molecule has 0 radical (unpaired) electrons. The minimum absolute atomic E-state index is 0.0836. The molecule has 10 nitrogen and oxygen atoms in total. The number of carbonyl (C=O) groups excluding carboxylic acids is 2. The molecule has 0 saturated heterocycles. The van der Waals surface area contributed by atoms with Crippen LogP contribution in [0.3, 0.4) is 0 Å². The summed E-state index contributed by atoms with van der Waals surface area (Å²) in [6, 6.07) is -2.09. The molecule has 0 aliphatic rings. The Hall–Kier alpha value is -2.36. The Morgan fingerprint density at radius 3 is 2.24 bits per heavy atom. The molecule has 0 rings (SSSR count). The topological polar surface area (TPSA) is 171 Å². The molecule has 0 bridgehead atoms. The molecule has 0 fully saturated rings. The molecular formula is C15H28N4O6.